The van der Waals surface area contributed by atoms with E-state index in [1.807, 2.05) is 0 Å². The second kappa shape index (κ2) is 8.70. The summed E-state index contributed by atoms with van der Waals surface area (Å²) in [4.78, 5) is 22.6. The minimum Gasteiger partial charge on any atom is -0.394 e. The molecular formula is C13H20F6N2O4. The van der Waals surface area contributed by atoms with Crippen LogP contribution in [0.25, 0.3) is 0 Å². The number of nitrogens with one attached hydrogen (secondary N) is 2. The Labute approximate surface area is 139 Å². The van der Waals surface area contributed by atoms with E-state index in [2.05, 4.69) is 0 Å². The summed E-state index contributed by atoms with van der Waals surface area (Å²) in [5.74, 6) is -23.7. The van der Waals surface area contributed by atoms with Crippen molar-refractivity contribution in [3.8, 4) is 0 Å². The molecule has 2 amide bonds. The summed E-state index contributed by atoms with van der Waals surface area (Å²) >= 11 is 0. The molecule has 0 bridgehead atoms. The van der Waals surface area contributed by atoms with Crippen LogP contribution in [0.4, 0.5) is 26.3 Å². The molecule has 0 spiro atoms. The van der Waals surface area contributed by atoms with Crippen molar-refractivity contribution in [2.45, 2.75) is 56.5 Å². The number of amides is 2. The monoisotopic (exact) mass is 382 g/mol. The van der Waals surface area contributed by atoms with Crippen LogP contribution in [-0.2, 0) is 9.59 Å². The lowest BCUT2D eigenvalue weighted by Gasteiger charge is -2.32. The van der Waals surface area contributed by atoms with Crippen LogP contribution in [0.2, 0.25) is 0 Å². The first-order chi connectivity index (χ1) is 11.3. The van der Waals surface area contributed by atoms with E-state index in [0.29, 0.717) is 0 Å². The van der Waals surface area contributed by atoms with Gasteiger partial charge in [-0.15, -0.1) is 0 Å². The van der Waals surface area contributed by atoms with Crippen LogP contribution in [0.3, 0.4) is 0 Å². The van der Waals surface area contributed by atoms with Crippen LogP contribution in [0.5, 0.6) is 0 Å². The standard InChI is InChI=1S/C13H20F6N2O4/c1-3-7(5-22)20-9(24)11(14,15)13(18,19)12(16,17)10(25)21-8(4-2)6-23/h7-8,22-23H,3-6H2,1-2H3,(H,20,24)(H,21,25). The Balaban J connectivity index is 5.52. The van der Waals surface area contributed by atoms with Crippen LogP contribution in [0.1, 0.15) is 26.7 Å². The second-order valence-electron chi connectivity index (χ2n) is 5.25. The number of rotatable bonds is 10. The van der Waals surface area contributed by atoms with E-state index in [0.717, 1.165) is 0 Å². The SMILES string of the molecule is CCC(CO)NC(=O)C(F)(F)C(F)(F)C(F)(F)C(=O)NC(CC)CO. The predicted molar refractivity (Wildman–Crippen MR) is 73.5 cm³/mol. The molecule has 0 fully saturated rings. The summed E-state index contributed by atoms with van der Waals surface area (Å²) in [5, 5.41) is 20.1. The van der Waals surface area contributed by atoms with E-state index in [1.54, 1.807) is 0 Å². The van der Waals surface area contributed by atoms with Gasteiger partial charge in [0.2, 0.25) is 0 Å². The number of halogens is 6. The normalized spacial score (nSPS) is 15.4. The number of hydrogen-bond acceptors (Lipinski definition) is 4. The third-order valence-corrected chi connectivity index (χ3v) is 3.46. The van der Waals surface area contributed by atoms with Gasteiger partial charge in [-0.2, -0.15) is 26.3 Å². The van der Waals surface area contributed by atoms with Gasteiger partial charge in [0.25, 0.3) is 11.8 Å². The third kappa shape index (κ3) is 4.75. The molecule has 0 aromatic carbocycles. The first-order valence-corrected chi connectivity index (χ1v) is 7.30. The van der Waals surface area contributed by atoms with Crippen molar-refractivity contribution >= 4 is 11.8 Å². The molecule has 0 aliphatic carbocycles. The molecule has 0 saturated heterocycles. The molecule has 2 unspecified atom stereocenters. The molecule has 0 aromatic heterocycles. The van der Waals surface area contributed by atoms with Crippen molar-refractivity contribution in [2.75, 3.05) is 13.2 Å². The van der Waals surface area contributed by atoms with Crippen molar-refractivity contribution in [2.24, 2.45) is 0 Å². The Morgan fingerprint density at radius 3 is 1.28 bits per heavy atom. The lowest BCUT2D eigenvalue weighted by molar-refractivity contribution is -0.287. The van der Waals surface area contributed by atoms with Crippen LogP contribution >= 0.6 is 0 Å². The van der Waals surface area contributed by atoms with Crippen LogP contribution < -0.4 is 10.6 Å². The highest BCUT2D eigenvalue weighted by molar-refractivity contribution is 5.90. The third-order valence-electron chi connectivity index (χ3n) is 3.46. The highest BCUT2D eigenvalue weighted by Crippen LogP contribution is 2.46. The molecule has 6 nitrogen and oxygen atoms in total. The molecule has 0 rings (SSSR count). The number of aliphatic hydroxyl groups is 2. The molecule has 0 heterocycles. The number of alkyl halides is 6. The Morgan fingerprint density at radius 1 is 0.800 bits per heavy atom. The van der Waals surface area contributed by atoms with Gasteiger partial charge < -0.3 is 20.8 Å². The first kappa shape index (κ1) is 23.4. The molecule has 12 heteroatoms. The molecule has 0 aliphatic heterocycles. The maximum Gasteiger partial charge on any atom is 0.393 e. The Kier molecular flexibility index (Phi) is 8.15. The minimum atomic E-state index is -6.35. The van der Waals surface area contributed by atoms with Gasteiger partial charge in [-0.3, -0.25) is 9.59 Å². The zero-order valence-electron chi connectivity index (χ0n) is 13.5. The van der Waals surface area contributed by atoms with Gasteiger partial charge in [0, 0.05) is 0 Å². The van der Waals surface area contributed by atoms with E-state index >= 15 is 0 Å². The first-order valence-electron chi connectivity index (χ1n) is 7.30. The second-order valence-corrected chi connectivity index (χ2v) is 5.25. The van der Waals surface area contributed by atoms with Crippen LogP contribution in [0, 0.1) is 0 Å². The summed E-state index contributed by atoms with van der Waals surface area (Å²) in [5.41, 5.74) is 0. The fraction of sp³-hybridized carbons (Fsp3) is 0.846. The molecule has 4 N–H and O–H groups in total. The predicted octanol–water partition coefficient (Wildman–Crippen LogP) is 0.666. The summed E-state index contributed by atoms with van der Waals surface area (Å²) < 4.78 is 81.8. The largest absolute Gasteiger partial charge is 0.394 e. The molecule has 25 heavy (non-hydrogen) atoms. The van der Waals surface area contributed by atoms with Crippen molar-refractivity contribution in [3.63, 3.8) is 0 Å². The average molecular weight is 382 g/mol. The van der Waals surface area contributed by atoms with E-state index in [9.17, 15) is 35.9 Å². The lowest BCUT2D eigenvalue weighted by Crippen LogP contribution is -2.66. The van der Waals surface area contributed by atoms with E-state index in [4.69, 9.17) is 10.2 Å². The van der Waals surface area contributed by atoms with E-state index in [1.165, 1.54) is 24.5 Å². The molecule has 0 aromatic rings. The summed E-state index contributed by atoms with van der Waals surface area (Å²) in [6.07, 6.45) is -0.259. The Hall–Kier alpha value is -1.56. The van der Waals surface area contributed by atoms with Gasteiger partial charge in [-0.1, -0.05) is 13.8 Å². The van der Waals surface area contributed by atoms with Crippen molar-refractivity contribution in [3.05, 3.63) is 0 Å². The van der Waals surface area contributed by atoms with Crippen molar-refractivity contribution < 1.29 is 46.1 Å². The van der Waals surface area contributed by atoms with Gasteiger partial charge in [-0.05, 0) is 12.8 Å². The topological polar surface area (TPSA) is 98.7 Å². The fourth-order valence-electron chi connectivity index (χ4n) is 1.59. The zero-order chi connectivity index (χ0) is 20.1. The summed E-state index contributed by atoms with van der Waals surface area (Å²) in [6.45, 7) is 0.878. The quantitative estimate of drug-likeness (QED) is 0.418. The van der Waals surface area contributed by atoms with Crippen molar-refractivity contribution in [1.82, 2.24) is 10.6 Å². The van der Waals surface area contributed by atoms with Gasteiger partial charge in [0.1, 0.15) is 0 Å². The van der Waals surface area contributed by atoms with Gasteiger partial charge >= 0.3 is 17.8 Å². The molecule has 0 saturated carbocycles. The van der Waals surface area contributed by atoms with Gasteiger partial charge in [0.15, 0.2) is 0 Å². The number of hydrogen-bond donors (Lipinski definition) is 4. The van der Waals surface area contributed by atoms with Crippen molar-refractivity contribution in [1.29, 1.82) is 0 Å². The van der Waals surface area contributed by atoms with Crippen LogP contribution in [-0.4, -0.2) is 65.1 Å². The fourth-order valence-corrected chi connectivity index (χ4v) is 1.59. The molecule has 0 radical (unpaired) electrons. The number of carbonyl (C=O) groups is 2. The van der Waals surface area contributed by atoms with Gasteiger partial charge in [-0.25, -0.2) is 0 Å². The molecule has 2 atom stereocenters. The molecular weight excluding hydrogens is 362 g/mol. The van der Waals surface area contributed by atoms with E-state index in [-0.39, 0.29) is 12.8 Å². The maximum atomic E-state index is 13.7. The van der Waals surface area contributed by atoms with E-state index < -0.39 is 54.9 Å². The Bertz CT molecular complexity index is 427. The number of carbonyl (C=O) groups excluding carboxylic acids is 2. The van der Waals surface area contributed by atoms with Gasteiger partial charge in [0.05, 0.1) is 25.3 Å². The highest BCUT2D eigenvalue weighted by Gasteiger charge is 2.78. The smallest absolute Gasteiger partial charge is 0.393 e. The zero-order valence-corrected chi connectivity index (χ0v) is 13.5. The maximum absolute atomic E-state index is 13.7. The molecule has 0 aliphatic rings. The van der Waals surface area contributed by atoms with Crippen LogP contribution in [0.15, 0.2) is 0 Å². The lowest BCUT2D eigenvalue weighted by atomic mass is 10.0. The summed E-state index contributed by atoms with van der Waals surface area (Å²) in [6, 6.07) is -2.70. The molecule has 148 valence electrons. The minimum absolute atomic E-state index is 0.130. The Morgan fingerprint density at radius 2 is 1.08 bits per heavy atom. The average Bonchev–Trinajstić information content (AvgIpc) is 2.56. The number of aliphatic hydroxyl groups excluding tert-OH is 2. The summed E-state index contributed by atoms with van der Waals surface area (Å²) in [7, 11) is 0. The highest BCUT2D eigenvalue weighted by atomic mass is 19.3.